The minimum Gasteiger partial charge on any atom is -0.369 e. The molecule has 0 spiro atoms. The van der Waals surface area contributed by atoms with Gasteiger partial charge in [-0.05, 0) is 24.6 Å². The molecule has 0 bridgehead atoms. The lowest BCUT2D eigenvalue weighted by Crippen LogP contribution is -2.24. The van der Waals surface area contributed by atoms with Crippen molar-refractivity contribution >= 4 is 49.4 Å². The largest absolute Gasteiger partial charge is 0.369 e. The molecule has 0 aliphatic rings. The van der Waals surface area contributed by atoms with Gasteiger partial charge in [0.15, 0.2) is 5.16 Å². The lowest BCUT2D eigenvalue weighted by Gasteiger charge is -2.12. The van der Waals surface area contributed by atoms with Crippen LogP contribution in [-0.2, 0) is 11.3 Å². The summed E-state index contributed by atoms with van der Waals surface area (Å²) in [4.78, 5) is 34.3. The highest BCUT2D eigenvalue weighted by molar-refractivity contribution is 7.99. The topological polar surface area (TPSA) is 90.9 Å². The summed E-state index contributed by atoms with van der Waals surface area (Å²) in [5.74, 6) is -0.389. The molecule has 136 valence electrons. The number of carbonyl (C=O) groups excluding carboxylic acids is 1. The Labute approximate surface area is 163 Å². The van der Waals surface area contributed by atoms with E-state index in [1.807, 2.05) is 43.3 Å². The number of primary amides is 1. The van der Waals surface area contributed by atoms with Crippen molar-refractivity contribution in [3.8, 4) is 0 Å². The van der Waals surface area contributed by atoms with Gasteiger partial charge in [0.05, 0.1) is 17.8 Å². The normalized spacial score (nSPS) is 11.3. The van der Waals surface area contributed by atoms with Gasteiger partial charge in [0, 0.05) is 11.6 Å². The van der Waals surface area contributed by atoms with E-state index in [2.05, 4.69) is 4.98 Å². The minimum atomic E-state index is -0.451. The zero-order valence-corrected chi connectivity index (χ0v) is 16.1. The van der Waals surface area contributed by atoms with Crippen LogP contribution in [-0.4, -0.2) is 26.2 Å². The molecule has 8 heteroatoms. The van der Waals surface area contributed by atoms with Gasteiger partial charge in [0.1, 0.15) is 9.53 Å². The first kappa shape index (κ1) is 17.7. The SMILES string of the molecule is Cc1ccc(Cn2c(SCC(N)=O)nc3c(sc4ncccc43)c2=O)cc1. The Balaban J connectivity index is 1.90. The summed E-state index contributed by atoms with van der Waals surface area (Å²) in [6.07, 6.45) is 1.70. The predicted molar refractivity (Wildman–Crippen MR) is 109 cm³/mol. The second-order valence-electron chi connectivity index (χ2n) is 6.16. The van der Waals surface area contributed by atoms with Crippen LogP contribution in [0.25, 0.3) is 20.4 Å². The number of thiophene rings is 1. The second-order valence-corrected chi connectivity index (χ2v) is 8.10. The van der Waals surface area contributed by atoms with Gasteiger partial charge in [-0.1, -0.05) is 41.6 Å². The smallest absolute Gasteiger partial charge is 0.272 e. The van der Waals surface area contributed by atoms with Crippen molar-refractivity contribution in [2.75, 3.05) is 5.75 Å². The summed E-state index contributed by atoms with van der Waals surface area (Å²) in [7, 11) is 0. The molecular weight excluding hydrogens is 380 g/mol. The Morgan fingerprint density at radius 2 is 2.04 bits per heavy atom. The summed E-state index contributed by atoms with van der Waals surface area (Å²) in [5.41, 5.74) is 7.94. The Kier molecular flexibility index (Phi) is 4.67. The van der Waals surface area contributed by atoms with Gasteiger partial charge in [-0.15, -0.1) is 11.3 Å². The molecule has 0 aliphatic carbocycles. The number of hydrogen-bond donors (Lipinski definition) is 1. The molecule has 2 N–H and O–H groups in total. The zero-order valence-electron chi connectivity index (χ0n) is 14.5. The first-order chi connectivity index (χ1) is 13.0. The molecule has 1 aromatic carbocycles. The maximum Gasteiger partial charge on any atom is 0.272 e. The number of rotatable bonds is 5. The molecule has 0 fully saturated rings. The Morgan fingerprint density at radius 3 is 2.78 bits per heavy atom. The number of amides is 1. The van der Waals surface area contributed by atoms with E-state index in [-0.39, 0.29) is 11.3 Å². The lowest BCUT2D eigenvalue weighted by molar-refractivity contribution is -0.115. The van der Waals surface area contributed by atoms with E-state index in [4.69, 9.17) is 10.7 Å². The van der Waals surface area contributed by atoms with Crippen LogP contribution < -0.4 is 11.3 Å². The number of thioether (sulfide) groups is 1. The molecule has 4 rings (SSSR count). The standard InChI is InChI=1S/C19H16N4O2S2/c1-11-4-6-12(7-5-11)9-23-18(25)16-15(22-19(23)26-10-14(20)24)13-3-2-8-21-17(13)27-16/h2-8H,9-10H2,1H3,(H2,20,24). The van der Waals surface area contributed by atoms with Crippen LogP contribution in [0.15, 0.2) is 52.5 Å². The lowest BCUT2D eigenvalue weighted by atomic mass is 10.1. The van der Waals surface area contributed by atoms with Gasteiger partial charge in [0.25, 0.3) is 5.56 Å². The third-order valence-electron chi connectivity index (χ3n) is 4.12. The van der Waals surface area contributed by atoms with E-state index >= 15 is 0 Å². The monoisotopic (exact) mass is 396 g/mol. The average molecular weight is 396 g/mol. The van der Waals surface area contributed by atoms with Crippen molar-refractivity contribution in [1.29, 1.82) is 0 Å². The summed E-state index contributed by atoms with van der Waals surface area (Å²) in [6, 6.07) is 11.7. The second kappa shape index (κ2) is 7.13. The van der Waals surface area contributed by atoms with Gasteiger partial charge in [-0.3, -0.25) is 14.2 Å². The molecule has 3 heterocycles. The molecule has 4 aromatic rings. The van der Waals surface area contributed by atoms with Crippen LogP contribution in [0.4, 0.5) is 0 Å². The van der Waals surface area contributed by atoms with Crippen molar-refractivity contribution in [2.24, 2.45) is 5.73 Å². The van der Waals surface area contributed by atoms with E-state index in [9.17, 15) is 9.59 Å². The van der Waals surface area contributed by atoms with E-state index in [1.54, 1.807) is 10.8 Å². The minimum absolute atomic E-state index is 0.0617. The van der Waals surface area contributed by atoms with Crippen molar-refractivity contribution in [2.45, 2.75) is 18.6 Å². The summed E-state index contributed by atoms with van der Waals surface area (Å²) in [6.45, 7) is 2.40. The van der Waals surface area contributed by atoms with Gasteiger partial charge in [0.2, 0.25) is 5.91 Å². The highest BCUT2D eigenvalue weighted by atomic mass is 32.2. The first-order valence-corrected chi connectivity index (χ1v) is 10.1. The van der Waals surface area contributed by atoms with Crippen LogP contribution in [0.2, 0.25) is 0 Å². The predicted octanol–water partition coefficient (Wildman–Crippen LogP) is 2.94. The molecule has 3 aromatic heterocycles. The highest BCUT2D eigenvalue weighted by Gasteiger charge is 2.17. The average Bonchev–Trinajstić information content (AvgIpc) is 3.03. The number of aromatic nitrogens is 3. The summed E-state index contributed by atoms with van der Waals surface area (Å²) >= 11 is 2.52. The van der Waals surface area contributed by atoms with E-state index in [0.717, 1.165) is 21.3 Å². The molecule has 0 saturated heterocycles. The zero-order chi connectivity index (χ0) is 19.0. The Bertz CT molecular complexity index is 1210. The van der Waals surface area contributed by atoms with Gasteiger partial charge in [-0.2, -0.15) is 0 Å². The van der Waals surface area contributed by atoms with E-state index < -0.39 is 5.91 Å². The van der Waals surface area contributed by atoms with Crippen molar-refractivity contribution < 1.29 is 4.79 Å². The van der Waals surface area contributed by atoms with Crippen molar-refractivity contribution in [3.63, 3.8) is 0 Å². The molecule has 0 unspecified atom stereocenters. The molecule has 1 amide bonds. The van der Waals surface area contributed by atoms with Crippen LogP contribution in [0.1, 0.15) is 11.1 Å². The van der Waals surface area contributed by atoms with Crippen LogP contribution in [0, 0.1) is 6.92 Å². The third-order valence-corrected chi connectivity index (χ3v) is 6.21. The first-order valence-electron chi connectivity index (χ1n) is 8.27. The maximum atomic E-state index is 13.2. The molecule has 0 saturated carbocycles. The van der Waals surface area contributed by atoms with Crippen LogP contribution in [0.5, 0.6) is 0 Å². The number of nitrogens with two attached hydrogens (primary N) is 1. The van der Waals surface area contributed by atoms with Crippen molar-refractivity contribution in [3.05, 3.63) is 64.1 Å². The number of carbonyl (C=O) groups is 1. The fourth-order valence-corrected chi connectivity index (χ4v) is 4.56. The number of aryl methyl sites for hydroxylation is 1. The molecule has 0 aliphatic heterocycles. The van der Waals surface area contributed by atoms with Crippen LogP contribution >= 0.6 is 23.1 Å². The van der Waals surface area contributed by atoms with Gasteiger partial charge >= 0.3 is 0 Å². The summed E-state index contributed by atoms with van der Waals surface area (Å²) < 4.78 is 2.18. The molecule has 6 nitrogen and oxygen atoms in total. The molecule has 0 atom stereocenters. The van der Waals surface area contributed by atoms with E-state index in [0.29, 0.717) is 21.9 Å². The third kappa shape index (κ3) is 3.45. The van der Waals surface area contributed by atoms with E-state index in [1.165, 1.54) is 23.1 Å². The fraction of sp³-hybridized carbons (Fsp3) is 0.158. The number of nitrogens with zero attached hydrogens (tertiary/aromatic N) is 3. The highest BCUT2D eigenvalue weighted by Crippen LogP contribution is 2.30. The number of hydrogen-bond acceptors (Lipinski definition) is 6. The van der Waals surface area contributed by atoms with Gasteiger partial charge < -0.3 is 5.73 Å². The van der Waals surface area contributed by atoms with Crippen molar-refractivity contribution in [1.82, 2.24) is 14.5 Å². The quantitative estimate of drug-likeness (QED) is 0.414. The Hall–Kier alpha value is -2.71. The van der Waals surface area contributed by atoms with Crippen LogP contribution in [0.3, 0.4) is 0 Å². The Morgan fingerprint density at radius 1 is 1.26 bits per heavy atom. The fourth-order valence-electron chi connectivity index (χ4n) is 2.80. The number of benzene rings is 1. The maximum absolute atomic E-state index is 13.2. The molecule has 27 heavy (non-hydrogen) atoms. The number of pyridine rings is 1. The molecular formula is C19H16N4O2S2. The number of fused-ring (bicyclic) bond motifs is 3. The molecule has 0 radical (unpaired) electrons. The summed E-state index contributed by atoms with van der Waals surface area (Å²) in [5, 5.41) is 1.33. The van der Waals surface area contributed by atoms with Gasteiger partial charge in [-0.25, -0.2) is 9.97 Å².